The van der Waals surface area contributed by atoms with Crippen LogP contribution in [0.1, 0.15) is 42.4 Å². The maximum absolute atomic E-state index is 12.7. The number of carbonyl (C=O) groups is 2. The number of hydrogen-bond acceptors (Lipinski definition) is 9. The summed E-state index contributed by atoms with van der Waals surface area (Å²) in [5.41, 5.74) is 2.39. The van der Waals surface area contributed by atoms with Gasteiger partial charge >= 0.3 is 0 Å². The molecule has 41 heavy (non-hydrogen) atoms. The molecule has 12 heteroatoms. The largest absolute Gasteiger partial charge is 0.299 e. The molecule has 0 unspecified atom stereocenters. The third kappa shape index (κ3) is 8.62. The minimum Gasteiger partial charge on any atom is -0.299 e. The molecule has 3 rings (SSSR count). The van der Waals surface area contributed by atoms with Crippen molar-refractivity contribution < 1.29 is 31.3 Å². The summed E-state index contributed by atoms with van der Waals surface area (Å²) in [6.45, 7) is 4.48. The number of rotatable bonds is 13. The number of benzene rings is 3. The van der Waals surface area contributed by atoms with Gasteiger partial charge in [-0.2, -0.15) is 0 Å². The molecule has 218 valence electrons. The molecule has 0 saturated heterocycles. The van der Waals surface area contributed by atoms with Gasteiger partial charge in [-0.15, -0.1) is 0 Å². The lowest BCUT2D eigenvalue weighted by Gasteiger charge is -2.22. The summed E-state index contributed by atoms with van der Waals surface area (Å²) in [7, 11) is -8.26. The maximum atomic E-state index is 12.7. The van der Waals surface area contributed by atoms with Crippen molar-refractivity contribution in [1.29, 1.82) is 0 Å². The van der Waals surface area contributed by atoms with Gasteiger partial charge in [0, 0.05) is 31.5 Å². The number of carbonyl (C=O) groups excluding carboxylic acids is 2. The second kappa shape index (κ2) is 13.7. The van der Waals surface area contributed by atoms with Gasteiger partial charge in [-0.05, 0) is 69.6 Å². The number of nitrogens with zero attached hydrogens (tertiary/aromatic N) is 2. The highest BCUT2D eigenvalue weighted by Crippen LogP contribution is 2.19. The molecule has 0 fully saturated rings. The maximum Gasteiger partial charge on any atom is 0.269 e. The summed E-state index contributed by atoms with van der Waals surface area (Å²) < 4.78 is 50.6. The molecule has 0 atom stereocenters. The van der Waals surface area contributed by atoms with Crippen LogP contribution in [0.4, 0.5) is 5.69 Å². The third-order valence-corrected chi connectivity index (χ3v) is 9.92. The van der Waals surface area contributed by atoms with Crippen LogP contribution in [0.3, 0.4) is 0 Å². The first-order valence-corrected chi connectivity index (χ1v) is 15.9. The molecule has 10 nitrogen and oxygen atoms in total. The fourth-order valence-electron chi connectivity index (χ4n) is 4.11. The highest BCUT2D eigenvalue weighted by atomic mass is 32.2. The van der Waals surface area contributed by atoms with E-state index in [1.54, 1.807) is 36.4 Å². The summed E-state index contributed by atoms with van der Waals surface area (Å²) in [4.78, 5) is 37.4. The fourth-order valence-corrected chi connectivity index (χ4v) is 6.45. The number of hydrogen-bond donors (Lipinski definition) is 0. The summed E-state index contributed by atoms with van der Waals surface area (Å²) >= 11 is 0. The zero-order chi connectivity index (χ0) is 30.2. The average Bonchev–Trinajstić information content (AvgIpc) is 2.93. The van der Waals surface area contributed by atoms with Gasteiger partial charge in [0.15, 0.2) is 0 Å². The van der Waals surface area contributed by atoms with Gasteiger partial charge < -0.3 is 0 Å². The van der Waals surface area contributed by atoms with Crippen molar-refractivity contribution >= 4 is 35.6 Å². The Morgan fingerprint density at radius 2 is 1.07 bits per heavy atom. The van der Waals surface area contributed by atoms with Gasteiger partial charge in [0.05, 0.1) is 14.7 Å². The lowest BCUT2D eigenvalue weighted by molar-refractivity contribution is -0.384. The average molecular weight is 601 g/mol. The van der Waals surface area contributed by atoms with Crippen molar-refractivity contribution in [2.45, 2.75) is 55.9 Å². The van der Waals surface area contributed by atoms with E-state index < -0.39 is 34.8 Å². The van der Waals surface area contributed by atoms with Crippen LogP contribution in [0.25, 0.3) is 0 Å². The van der Waals surface area contributed by atoms with Gasteiger partial charge in [0.1, 0.15) is 0 Å². The van der Waals surface area contributed by atoms with Crippen LogP contribution in [0, 0.1) is 24.0 Å². The van der Waals surface area contributed by atoms with E-state index in [-0.39, 0.29) is 54.3 Å². The van der Waals surface area contributed by atoms with Crippen molar-refractivity contribution in [3.05, 3.63) is 99.6 Å². The monoisotopic (exact) mass is 600 g/mol. The molecular weight excluding hydrogens is 568 g/mol. The van der Waals surface area contributed by atoms with Gasteiger partial charge in [-0.1, -0.05) is 47.5 Å². The van der Waals surface area contributed by atoms with Crippen molar-refractivity contribution in [3.8, 4) is 0 Å². The van der Waals surface area contributed by atoms with Crippen molar-refractivity contribution in [1.82, 2.24) is 4.90 Å². The Morgan fingerprint density at radius 3 is 1.44 bits per heavy atom. The van der Waals surface area contributed by atoms with Crippen LogP contribution in [-0.4, -0.2) is 50.0 Å². The summed E-state index contributed by atoms with van der Waals surface area (Å²) in [5, 5.41) is 9.17. The molecule has 3 aromatic rings. The molecular formula is C29H32N2O8S2. The quantitative estimate of drug-likeness (QED) is 0.203. The second-order valence-electron chi connectivity index (χ2n) is 9.78. The highest BCUT2D eigenvalue weighted by molar-refractivity contribution is 8.06. The normalized spacial score (nSPS) is 11.9. The lowest BCUT2D eigenvalue weighted by Crippen LogP contribution is -2.27. The molecule has 0 amide bonds. The first-order valence-electron chi connectivity index (χ1n) is 13.0. The summed E-state index contributed by atoms with van der Waals surface area (Å²) in [5.74, 6) is 0. The third-order valence-electron chi connectivity index (χ3n) is 6.53. The molecule has 0 bridgehead atoms. The number of nitro groups is 1. The fraction of sp³-hybridized carbons (Fsp3) is 0.310. The van der Waals surface area contributed by atoms with Crippen molar-refractivity contribution in [3.63, 3.8) is 0 Å². The molecule has 0 aliphatic heterocycles. The molecule has 0 radical (unpaired) electrons. The molecule has 3 aromatic carbocycles. The summed E-state index contributed by atoms with van der Waals surface area (Å²) in [6.07, 6.45) is -0.0551. The van der Waals surface area contributed by atoms with E-state index in [0.29, 0.717) is 6.54 Å². The van der Waals surface area contributed by atoms with E-state index >= 15 is 0 Å². The molecule has 0 aliphatic rings. The molecule has 0 spiro atoms. The Kier molecular flexibility index (Phi) is 10.7. The molecule has 0 heterocycles. The van der Waals surface area contributed by atoms with E-state index in [1.165, 1.54) is 36.4 Å². The first-order chi connectivity index (χ1) is 19.3. The minimum absolute atomic E-state index is 0.0656. The zero-order valence-corrected chi connectivity index (χ0v) is 24.5. The Balaban J connectivity index is 1.65. The van der Waals surface area contributed by atoms with E-state index in [2.05, 4.69) is 0 Å². The van der Waals surface area contributed by atoms with Crippen LogP contribution < -0.4 is 0 Å². The second-order valence-corrected chi connectivity index (χ2v) is 13.7. The molecule has 0 aliphatic carbocycles. The number of non-ortho nitro benzene ring substituents is 1. The Labute approximate surface area is 240 Å². The van der Waals surface area contributed by atoms with Crippen LogP contribution >= 0.6 is 0 Å². The number of sulfone groups is 2. The van der Waals surface area contributed by atoms with Gasteiger partial charge in [0.25, 0.3) is 15.9 Å². The highest BCUT2D eigenvalue weighted by Gasteiger charge is 2.26. The van der Waals surface area contributed by atoms with Crippen LogP contribution in [0.2, 0.25) is 0 Å². The zero-order valence-electron chi connectivity index (χ0n) is 22.9. The standard InChI is InChI=1S/C29H32N2O8S2/c1-22-7-15-26(16-8-22)40(36,37)28(32)5-3-19-30(21-24-11-13-25(14-12-24)31(34)35)20-4-6-29(33)41(38,39)27-17-9-23(2)10-18-27/h7-18H,3-6,19-21H2,1-2H3. The van der Waals surface area contributed by atoms with Gasteiger partial charge in [-0.3, -0.25) is 24.6 Å². The van der Waals surface area contributed by atoms with Crippen molar-refractivity contribution in [2.75, 3.05) is 13.1 Å². The van der Waals surface area contributed by atoms with Crippen LogP contribution in [0.5, 0.6) is 0 Å². The topological polar surface area (TPSA) is 149 Å². The first kappa shape index (κ1) is 31.8. The summed E-state index contributed by atoms with van der Waals surface area (Å²) in [6, 6.07) is 18.0. The molecule has 0 N–H and O–H groups in total. The van der Waals surface area contributed by atoms with E-state index in [4.69, 9.17) is 0 Å². The van der Waals surface area contributed by atoms with E-state index in [0.717, 1.165) is 16.7 Å². The minimum atomic E-state index is -4.13. The Morgan fingerprint density at radius 1 is 0.683 bits per heavy atom. The van der Waals surface area contributed by atoms with Gasteiger partial charge in [0.2, 0.25) is 19.7 Å². The lowest BCUT2D eigenvalue weighted by atomic mass is 10.1. The molecule has 0 aromatic heterocycles. The van der Waals surface area contributed by atoms with Crippen LogP contribution in [0.15, 0.2) is 82.6 Å². The van der Waals surface area contributed by atoms with E-state index in [9.17, 15) is 36.5 Å². The number of nitro benzene ring substituents is 1. The Hall–Kier alpha value is -3.74. The SMILES string of the molecule is Cc1ccc(S(=O)(=O)C(=O)CCCN(CCCC(=O)S(=O)(=O)c2ccc(C)cc2)Cc2ccc([N+](=O)[O-])cc2)cc1. The van der Waals surface area contributed by atoms with E-state index in [1.807, 2.05) is 18.7 Å². The van der Waals surface area contributed by atoms with Gasteiger partial charge in [-0.25, -0.2) is 16.8 Å². The smallest absolute Gasteiger partial charge is 0.269 e. The predicted octanol–water partition coefficient (Wildman–Crippen LogP) is 4.58. The predicted molar refractivity (Wildman–Crippen MR) is 154 cm³/mol. The Bertz CT molecular complexity index is 1510. The number of aryl methyl sites for hydroxylation is 2. The molecule has 0 saturated carbocycles. The van der Waals surface area contributed by atoms with Crippen molar-refractivity contribution in [2.24, 2.45) is 0 Å². The van der Waals surface area contributed by atoms with Crippen LogP contribution in [-0.2, 0) is 35.8 Å².